The Morgan fingerprint density at radius 3 is 2.29 bits per heavy atom. The van der Waals surface area contributed by atoms with Gasteiger partial charge in [-0.15, -0.1) is 13.2 Å². The molecule has 0 heterocycles. The number of aliphatic hydroxyl groups is 3. The molecule has 0 saturated heterocycles. The first-order chi connectivity index (χ1) is 30.2. The number of benzene rings is 5. The number of rotatable bonds is 14. The first kappa shape index (κ1) is 45.9. The van der Waals surface area contributed by atoms with Gasteiger partial charge in [0.1, 0.15) is 5.75 Å². The topological polar surface area (TPSA) is 99.5 Å². The zero-order valence-electron chi connectivity index (χ0n) is 36.1. The highest BCUT2D eigenvalue weighted by Gasteiger charge is 2.57. The van der Waals surface area contributed by atoms with E-state index in [-0.39, 0.29) is 43.7 Å². The van der Waals surface area contributed by atoms with E-state index in [1.807, 2.05) is 108 Å². The Labute approximate surface area is 368 Å². The van der Waals surface area contributed by atoms with E-state index < -0.39 is 29.6 Å². The van der Waals surface area contributed by atoms with Crippen LogP contribution in [-0.4, -0.2) is 69.9 Å². The van der Waals surface area contributed by atoms with Gasteiger partial charge < -0.3 is 24.8 Å². The zero-order chi connectivity index (χ0) is 44.6. The number of ketones is 1. The number of nitrogens with zero attached hydrogens (tertiary/aromatic N) is 1. The van der Waals surface area contributed by atoms with E-state index in [4.69, 9.17) is 4.74 Å². The summed E-state index contributed by atoms with van der Waals surface area (Å²) in [6.45, 7) is 5.01. The lowest BCUT2D eigenvalue weighted by Crippen LogP contribution is -2.53. The molecule has 0 aliphatic heterocycles. The van der Waals surface area contributed by atoms with Crippen LogP contribution in [0.1, 0.15) is 96.5 Å². The fourth-order valence-corrected chi connectivity index (χ4v) is 9.74. The minimum Gasteiger partial charge on any atom is -0.406 e. The SMILES string of the molecule is CC1=CCCC2(C)C(CCC2(O)CN(Cc2ccc(OC(F)(F)F)cc2)CC(O)COCc2ccccc2)c2ccc(cc2C(=O)c2ccccc2-c2ccccc2)CC(O)CC1. The first-order valence-electron chi connectivity index (χ1n) is 21.9. The Hall–Kier alpha value is -5.10. The lowest BCUT2D eigenvalue weighted by atomic mass is 9.64. The maximum absolute atomic E-state index is 15.1. The lowest BCUT2D eigenvalue weighted by Gasteiger charge is -2.46. The van der Waals surface area contributed by atoms with Crippen molar-refractivity contribution in [2.75, 3.05) is 19.7 Å². The number of carbonyl (C=O) groups excluding carboxylic acids is 1. The molecule has 3 N–H and O–H groups in total. The molecule has 0 aromatic heterocycles. The molecule has 5 aromatic rings. The molecule has 3 aliphatic rings. The summed E-state index contributed by atoms with van der Waals surface area (Å²) in [6.07, 6.45) is -0.241. The second-order valence-electron chi connectivity index (χ2n) is 17.7. The smallest absolute Gasteiger partial charge is 0.406 e. The van der Waals surface area contributed by atoms with Crippen LogP contribution in [0.3, 0.4) is 0 Å². The van der Waals surface area contributed by atoms with Crippen molar-refractivity contribution >= 4 is 5.78 Å². The van der Waals surface area contributed by atoms with Gasteiger partial charge in [0.15, 0.2) is 5.78 Å². The Bertz CT molecular complexity index is 2320. The summed E-state index contributed by atoms with van der Waals surface area (Å²) < 4.78 is 49.1. The Kier molecular flexibility index (Phi) is 14.7. The van der Waals surface area contributed by atoms with Gasteiger partial charge in [-0.1, -0.05) is 128 Å². The van der Waals surface area contributed by atoms with Crippen LogP contribution < -0.4 is 4.74 Å². The highest BCUT2D eigenvalue weighted by atomic mass is 19.4. The molecule has 8 rings (SSSR count). The van der Waals surface area contributed by atoms with Gasteiger partial charge in [0, 0.05) is 36.2 Å². The number of carbonyl (C=O) groups is 1. The van der Waals surface area contributed by atoms with Crippen LogP contribution in [-0.2, 0) is 24.3 Å². The molecule has 0 radical (unpaired) electrons. The Balaban J connectivity index is 1.24. The van der Waals surface area contributed by atoms with Crippen molar-refractivity contribution in [3.63, 3.8) is 0 Å². The fraction of sp³-hybridized carbons (Fsp3) is 0.377. The molecular formula is C53H58F3NO6. The van der Waals surface area contributed by atoms with Gasteiger partial charge in [0.25, 0.3) is 0 Å². The molecule has 5 unspecified atom stereocenters. The minimum absolute atomic E-state index is 0.0309. The van der Waals surface area contributed by atoms with Crippen LogP contribution in [0.15, 0.2) is 139 Å². The van der Waals surface area contributed by atoms with Gasteiger partial charge in [-0.25, -0.2) is 0 Å². The molecule has 1 saturated carbocycles. The second kappa shape index (κ2) is 20.2. The number of halogens is 3. The molecule has 10 heteroatoms. The predicted molar refractivity (Wildman–Crippen MR) is 239 cm³/mol. The zero-order valence-corrected chi connectivity index (χ0v) is 36.1. The summed E-state index contributed by atoms with van der Waals surface area (Å²) in [5.41, 5.74) is 5.28. The third kappa shape index (κ3) is 11.5. The maximum atomic E-state index is 15.1. The lowest BCUT2D eigenvalue weighted by molar-refractivity contribution is -0.274. The number of hydrogen-bond acceptors (Lipinski definition) is 7. The van der Waals surface area contributed by atoms with E-state index in [2.05, 4.69) is 24.7 Å². The van der Waals surface area contributed by atoms with E-state index in [9.17, 15) is 28.5 Å². The van der Waals surface area contributed by atoms with Gasteiger partial charge in [-0.2, -0.15) is 0 Å². The molecule has 63 heavy (non-hydrogen) atoms. The summed E-state index contributed by atoms with van der Waals surface area (Å²) in [4.78, 5) is 17.1. The maximum Gasteiger partial charge on any atom is 0.573 e. The van der Waals surface area contributed by atoms with Gasteiger partial charge in [0.2, 0.25) is 0 Å². The van der Waals surface area contributed by atoms with Crippen LogP contribution in [0.25, 0.3) is 11.1 Å². The van der Waals surface area contributed by atoms with Crippen LogP contribution in [0.2, 0.25) is 0 Å². The van der Waals surface area contributed by atoms with E-state index in [0.717, 1.165) is 33.4 Å². The molecule has 0 spiro atoms. The monoisotopic (exact) mass is 861 g/mol. The molecule has 5 aromatic carbocycles. The third-order valence-electron chi connectivity index (χ3n) is 13.1. The average Bonchev–Trinajstić information content (AvgIpc) is 3.51. The summed E-state index contributed by atoms with van der Waals surface area (Å²) in [5.74, 6) is -0.711. The molecule has 332 valence electrons. The Morgan fingerprint density at radius 2 is 1.56 bits per heavy atom. The third-order valence-corrected chi connectivity index (χ3v) is 13.1. The normalized spacial score (nSPS) is 22.3. The number of ether oxygens (including phenoxy) is 2. The standard InChI is InChI=1S/C53H58F3NO6/c1-37-12-11-28-51(2)49(46-26-22-40(30-42(58)23-19-37)31-48(46)50(60)47-18-10-9-17-45(47)41-15-7-4-8-16-41)27-29-52(51,61)36-57(32-38-20-24-44(25-21-38)63-53(54,55)56)33-43(59)35-62-34-39-13-5-3-6-14-39/h3-10,12-18,20-22,24-26,31,42-43,49,58-59,61H,11,19,23,27-30,32-36H2,1-2H3. The summed E-state index contributed by atoms with van der Waals surface area (Å²) >= 11 is 0. The van der Waals surface area contributed by atoms with Crippen molar-refractivity contribution in [1.82, 2.24) is 4.90 Å². The van der Waals surface area contributed by atoms with Gasteiger partial charge in [-0.05, 0) is 109 Å². The fourth-order valence-electron chi connectivity index (χ4n) is 9.74. The molecule has 1 fully saturated rings. The number of aliphatic hydroxyl groups excluding tert-OH is 2. The summed E-state index contributed by atoms with van der Waals surface area (Å²) in [6, 6.07) is 38.7. The highest BCUT2D eigenvalue weighted by Crippen LogP contribution is 2.59. The van der Waals surface area contributed by atoms with Gasteiger partial charge in [-0.3, -0.25) is 9.69 Å². The number of allylic oxidation sites excluding steroid dienone is 2. The van der Waals surface area contributed by atoms with E-state index >= 15 is 4.79 Å². The van der Waals surface area contributed by atoms with Crippen LogP contribution in [0.4, 0.5) is 13.2 Å². The van der Waals surface area contributed by atoms with Crippen molar-refractivity contribution in [1.29, 1.82) is 0 Å². The van der Waals surface area contributed by atoms with Crippen molar-refractivity contribution in [3.05, 3.63) is 172 Å². The van der Waals surface area contributed by atoms with E-state index in [1.54, 1.807) is 12.1 Å². The van der Waals surface area contributed by atoms with Crippen molar-refractivity contribution < 1.29 is 42.8 Å². The van der Waals surface area contributed by atoms with Gasteiger partial charge in [0.05, 0.1) is 31.0 Å². The molecule has 0 amide bonds. The number of hydrogen-bond donors (Lipinski definition) is 3. The summed E-state index contributed by atoms with van der Waals surface area (Å²) in [5, 5.41) is 35.8. The molecule has 3 aliphatic carbocycles. The second-order valence-corrected chi connectivity index (χ2v) is 17.7. The van der Waals surface area contributed by atoms with E-state index in [1.165, 1.54) is 12.1 Å². The Morgan fingerprint density at radius 1 is 0.857 bits per heavy atom. The molecule has 2 bridgehead atoms. The van der Waals surface area contributed by atoms with Crippen LogP contribution in [0.5, 0.6) is 5.75 Å². The van der Waals surface area contributed by atoms with Crippen molar-refractivity contribution in [2.45, 2.75) is 102 Å². The van der Waals surface area contributed by atoms with Crippen molar-refractivity contribution in [2.24, 2.45) is 5.41 Å². The molecule has 5 atom stereocenters. The van der Waals surface area contributed by atoms with Crippen molar-refractivity contribution in [3.8, 4) is 16.9 Å². The van der Waals surface area contributed by atoms with Gasteiger partial charge >= 0.3 is 6.36 Å². The van der Waals surface area contributed by atoms with E-state index in [0.29, 0.717) is 68.2 Å². The first-order valence-corrected chi connectivity index (χ1v) is 21.9. The minimum atomic E-state index is -4.83. The predicted octanol–water partition coefficient (Wildman–Crippen LogP) is 10.6. The molecule has 7 nitrogen and oxygen atoms in total. The number of fused-ring (bicyclic) bond motifs is 8. The number of alkyl halides is 3. The summed E-state index contributed by atoms with van der Waals surface area (Å²) in [7, 11) is 0. The van der Waals surface area contributed by atoms with Crippen LogP contribution in [0, 0.1) is 5.41 Å². The molecular weight excluding hydrogens is 804 g/mol. The average molecular weight is 862 g/mol. The largest absolute Gasteiger partial charge is 0.573 e. The quantitative estimate of drug-likeness (QED) is 0.0755. The van der Waals surface area contributed by atoms with Crippen LogP contribution >= 0.6 is 0 Å². The highest BCUT2D eigenvalue weighted by molar-refractivity contribution is 6.13.